The van der Waals surface area contributed by atoms with Gasteiger partial charge in [0.25, 0.3) is 0 Å². The van der Waals surface area contributed by atoms with Crippen LogP contribution in [0.3, 0.4) is 0 Å². The molecule has 0 spiro atoms. The number of rotatable bonds is 53. The summed E-state index contributed by atoms with van der Waals surface area (Å²) in [7, 11) is 0. The van der Waals surface area contributed by atoms with Gasteiger partial charge in [-0.25, -0.2) is 0 Å². The monoisotopic (exact) mass is 951 g/mol. The van der Waals surface area contributed by atoms with Crippen molar-refractivity contribution in [1.82, 2.24) is 0 Å². The first-order valence-electron chi connectivity index (χ1n) is 29.3. The summed E-state index contributed by atoms with van der Waals surface area (Å²) in [6.45, 7) is 6.50. The van der Waals surface area contributed by atoms with Crippen LogP contribution in [0.2, 0.25) is 0 Å². The first kappa shape index (κ1) is 65.1. The quantitative estimate of drug-likeness (QED) is 0.0199. The van der Waals surface area contributed by atoms with E-state index in [1.165, 1.54) is 173 Å². The minimum atomic E-state index is -0.782. The molecule has 0 fully saturated rings. The maximum atomic E-state index is 12.9. The summed E-state index contributed by atoms with van der Waals surface area (Å²) in [5.74, 6) is -0.885. The third kappa shape index (κ3) is 54.1. The van der Waals surface area contributed by atoms with E-state index in [4.69, 9.17) is 14.2 Å². The number of ether oxygens (including phenoxy) is 3. The molecule has 0 saturated heterocycles. The van der Waals surface area contributed by atoms with E-state index in [-0.39, 0.29) is 31.1 Å². The first-order valence-corrected chi connectivity index (χ1v) is 29.3. The topological polar surface area (TPSA) is 78.9 Å². The fourth-order valence-corrected chi connectivity index (χ4v) is 8.42. The van der Waals surface area contributed by atoms with E-state index in [1.54, 1.807) is 0 Å². The summed E-state index contributed by atoms with van der Waals surface area (Å²) in [5.41, 5.74) is 0. The molecule has 6 heteroatoms. The zero-order chi connectivity index (χ0) is 49.3. The van der Waals surface area contributed by atoms with Gasteiger partial charge in [-0.15, -0.1) is 0 Å². The Hall–Kier alpha value is -2.89. The van der Waals surface area contributed by atoms with E-state index in [0.717, 1.165) is 83.5 Å². The van der Waals surface area contributed by atoms with Crippen LogP contribution < -0.4 is 0 Å². The van der Waals surface area contributed by atoms with Gasteiger partial charge in [0.1, 0.15) is 13.2 Å². The average molecular weight is 952 g/mol. The first-order chi connectivity index (χ1) is 33.5. The largest absolute Gasteiger partial charge is 0.462 e. The van der Waals surface area contributed by atoms with Crippen LogP contribution in [-0.2, 0) is 28.6 Å². The molecule has 6 nitrogen and oxygen atoms in total. The van der Waals surface area contributed by atoms with Crippen LogP contribution in [0, 0.1) is 0 Å². The van der Waals surface area contributed by atoms with Crippen molar-refractivity contribution in [2.75, 3.05) is 13.2 Å². The number of hydrogen-bond acceptors (Lipinski definition) is 6. The summed E-state index contributed by atoms with van der Waals surface area (Å²) in [4.78, 5) is 38.2. The minimum absolute atomic E-state index is 0.0787. The molecule has 0 radical (unpaired) electrons. The van der Waals surface area contributed by atoms with Gasteiger partial charge in [-0.2, -0.15) is 0 Å². The second-order valence-electron chi connectivity index (χ2n) is 19.6. The second-order valence-corrected chi connectivity index (χ2v) is 19.6. The lowest BCUT2D eigenvalue weighted by Gasteiger charge is -2.18. The molecule has 0 saturated carbocycles. The van der Waals surface area contributed by atoms with E-state index in [1.807, 2.05) is 0 Å². The van der Waals surface area contributed by atoms with E-state index >= 15 is 0 Å². The van der Waals surface area contributed by atoms with Crippen molar-refractivity contribution in [3.63, 3.8) is 0 Å². The molecule has 1 atom stereocenters. The molecule has 0 amide bonds. The van der Waals surface area contributed by atoms with E-state index in [0.29, 0.717) is 19.3 Å². The van der Waals surface area contributed by atoms with Gasteiger partial charge in [0.2, 0.25) is 0 Å². The molecule has 1 unspecified atom stereocenters. The van der Waals surface area contributed by atoms with Crippen LogP contribution in [0.4, 0.5) is 0 Å². The second kappa shape index (κ2) is 56.7. The molecule has 0 aromatic carbocycles. The fourth-order valence-electron chi connectivity index (χ4n) is 8.42. The van der Waals surface area contributed by atoms with Crippen molar-refractivity contribution in [2.45, 2.75) is 303 Å². The van der Waals surface area contributed by atoms with E-state index in [2.05, 4.69) is 81.5 Å². The molecule has 0 heterocycles. The highest BCUT2D eigenvalue weighted by Gasteiger charge is 2.19. The van der Waals surface area contributed by atoms with Gasteiger partial charge >= 0.3 is 17.9 Å². The zero-order valence-electron chi connectivity index (χ0n) is 45.1. The summed E-state index contributed by atoms with van der Waals surface area (Å²) in [6, 6.07) is 0. The Morgan fingerprint density at radius 3 is 1.03 bits per heavy atom. The molecular formula is C62H110O6. The highest BCUT2D eigenvalue weighted by molar-refractivity contribution is 5.71. The molecule has 0 aliphatic rings. The van der Waals surface area contributed by atoms with Gasteiger partial charge in [0, 0.05) is 19.3 Å². The molecule has 0 rings (SSSR count). The predicted octanol–water partition coefficient (Wildman–Crippen LogP) is 19.6. The molecule has 0 aliphatic heterocycles. The number of hydrogen-bond donors (Lipinski definition) is 0. The van der Waals surface area contributed by atoms with Crippen LogP contribution in [0.25, 0.3) is 0 Å². The van der Waals surface area contributed by atoms with Gasteiger partial charge in [-0.3, -0.25) is 14.4 Å². The Balaban J connectivity index is 4.37. The Bertz CT molecular complexity index is 1230. The number of esters is 3. The third-order valence-corrected chi connectivity index (χ3v) is 12.8. The highest BCUT2D eigenvalue weighted by Crippen LogP contribution is 2.16. The summed E-state index contributed by atoms with van der Waals surface area (Å²) in [6.07, 6.45) is 70.6. The fraction of sp³-hybridized carbons (Fsp3) is 0.790. The Morgan fingerprint density at radius 1 is 0.324 bits per heavy atom. The standard InChI is InChI=1S/C62H110O6/c1-4-7-10-13-16-19-22-25-28-30-32-34-37-40-43-46-49-52-55-61(64)67-58-59(57-66-60(63)54-51-48-45-42-39-36-33-27-24-21-18-15-12-9-6-3)68-62(65)56-53-50-47-44-41-38-35-31-29-26-23-20-17-14-11-8-5-2/h9,12,15,17-18,20-21,24,26,29,59H,4-8,10-11,13-14,16,19,22-23,25,27-28,30-58H2,1-3H3/b12-9-,18-15-,20-17-,24-21-,29-26-. The van der Waals surface area contributed by atoms with Crippen LogP contribution in [0.1, 0.15) is 297 Å². The number of unbranched alkanes of at least 4 members (excludes halogenated alkanes) is 34. The normalized spacial score (nSPS) is 12.5. The Labute approximate surface area is 421 Å². The van der Waals surface area contributed by atoms with Gasteiger partial charge in [-0.1, -0.05) is 268 Å². The maximum Gasteiger partial charge on any atom is 0.306 e. The zero-order valence-corrected chi connectivity index (χ0v) is 45.1. The van der Waals surface area contributed by atoms with Gasteiger partial charge < -0.3 is 14.2 Å². The number of carbonyl (C=O) groups is 3. The predicted molar refractivity (Wildman–Crippen MR) is 293 cm³/mol. The van der Waals surface area contributed by atoms with Crippen LogP contribution in [0.5, 0.6) is 0 Å². The van der Waals surface area contributed by atoms with Crippen molar-refractivity contribution < 1.29 is 28.6 Å². The van der Waals surface area contributed by atoms with Crippen molar-refractivity contribution in [2.24, 2.45) is 0 Å². The smallest absolute Gasteiger partial charge is 0.306 e. The SMILES string of the molecule is CC\C=C/C=C\C=C/CCCCCCCCCC(=O)OCC(COC(=O)CCCCCCCCCCCCCCCCCCCC)OC(=O)CCCCCCCCC/C=C\C/C=C\CCCCC. The molecule has 0 N–H and O–H groups in total. The van der Waals surface area contributed by atoms with Gasteiger partial charge in [0.15, 0.2) is 6.10 Å². The lowest BCUT2D eigenvalue weighted by atomic mass is 10.0. The minimum Gasteiger partial charge on any atom is -0.462 e. The molecule has 68 heavy (non-hydrogen) atoms. The maximum absolute atomic E-state index is 12.9. The lowest BCUT2D eigenvalue weighted by molar-refractivity contribution is -0.167. The highest BCUT2D eigenvalue weighted by atomic mass is 16.6. The lowest BCUT2D eigenvalue weighted by Crippen LogP contribution is -2.30. The van der Waals surface area contributed by atoms with Crippen molar-refractivity contribution in [3.8, 4) is 0 Å². The molecule has 394 valence electrons. The molecule has 0 bridgehead atoms. The van der Waals surface area contributed by atoms with Crippen molar-refractivity contribution in [3.05, 3.63) is 60.8 Å². The van der Waals surface area contributed by atoms with Crippen molar-refractivity contribution in [1.29, 1.82) is 0 Å². The summed E-state index contributed by atoms with van der Waals surface area (Å²) >= 11 is 0. The van der Waals surface area contributed by atoms with E-state index in [9.17, 15) is 14.4 Å². The number of allylic oxidation sites excluding steroid dienone is 10. The summed E-state index contributed by atoms with van der Waals surface area (Å²) in [5, 5.41) is 0. The van der Waals surface area contributed by atoms with Crippen LogP contribution in [-0.4, -0.2) is 37.2 Å². The van der Waals surface area contributed by atoms with Crippen molar-refractivity contribution >= 4 is 17.9 Å². The average Bonchev–Trinajstić information content (AvgIpc) is 3.34. The Kier molecular flexibility index (Phi) is 54.3. The van der Waals surface area contributed by atoms with E-state index < -0.39 is 6.10 Å². The molecule has 0 aliphatic carbocycles. The molecule has 0 aromatic heterocycles. The van der Waals surface area contributed by atoms with Gasteiger partial charge in [0.05, 0.1) is 0 Å². The summed E-state index contributed by atoms with van der Waals surface area (Å²) < 4.78 is 16.9. The van der Waals surface area contributed by atoms with Crippen LogP contribution in [0.15, 0.2) is 60.8 Å². The van der Waals surface area contributed by atoms with Gasteiger partial charge in [-0.05, 0) is 70.6 Å². The number of carbonyl (C=O) groups excluding carboxylic acids is 3. The Morgan fingerprint density at radius 2 is 0.632 bits per heavy atom. The van der Waals surface area contributed by atoms with Crippen LogP contribution >= 0.6 is 0 Å². The molecular weight excluding hydrogens is 841 g/mol. The third-order valence-electron chi connectivity index (χ3n) is 12.8. The molecule has 0 aromatic rings.